The number of hydrogen-bond donors (Lipinski definition) is 1. The van der Waals surface area contributed by atoms with Gasteiger partial charge in [0, 0.05) is 22.4 Å². The topological polar surface area (TPSA) is 33.1 Å². The number of rotatable bonds is 2. The molecule has 1 aromatic heterocycles. The van der Waals surface area contributed by atoms with Crippen molar-refractivity contribution in [3.05, 3.63) is 28.0 Å². The maximum atomic E-state index is 8.91. The Morgan fingerprint density at radius 2 is 2.27 bits per heavy atom. The molecule has 0 radical (unpaired) electrons. The number of nitrogens with zero attached hydrogens (tertiary/aromatic N) is 1. The summed E-state index contributed by atoms with van der Waals surface area (Å²) in [5.41, 5.74) is 2.05. The van der Waals surface area contributed by atoms with E-state index in [0.717, 1.165) is 22.0 Å². The molecule has 60 valence electrons. The van der Waals surface area contributed by atoms with Crippen LogP contribution in [0, 0.1) is 0 Å². The first-order valence-electron chi connectivity index (χ1n) is 3.51. The van der Waals surface area contributed by atoms with Gasteiger partial charge < -0.3 is 5.11 Å². The first kappa shape index (κ1) is 8.68. The number of aromatic nitrogens is 1. The molecule has 0 amide bonds. The van der Waals surface area contributed by atoms with Gasteiger partial charge in [-0.25, -0.2) is 0 Å². The third-order valence-electron chi connectivity index (χ3n) is 1.62. The second-order valence-electron chi connectivity index (χ2n) is 2.27. The van der Waals surface area contributed by atoms with Crippen molar-refractivity contribution in [3.8, 4) is 0 Å². The summed E-state index contributed by atoms with van der Waals surface area (Å²) >= 11 is 3.37. The van der Waals surface area contributed by atoms with Gasteiger partial charge in [-0.1, -0.05) is 6.92 Å². The monoisotopic (exact) mass is 215 g/mol. The van der Waals surface area contributed by atoms with Crippen molar-refractivity contribution in [1.82, 2.24) is 4.98 Å². The predicted molar refractivity (Wildman–Crippen MR) is 47.2 cm³/mol. The molecule has 0 saturated heterocycles. The Hall–Kier alpha value is -0.410. The van der Waals surface area contributed by atoms with Crippen LogP contribution in [0.15, 0.2) is 16.9 Å². The van der Waals surface area contributed by atoms with Gasteiger partial charge >= 0.3 is 0 Å². The quantitative estimate of drug-likeness (QED) is 0.818. The van der Waals surface area contributed by atoms with Gasteiger partial charge in [-0.05, 0) is 27.9 Å². The molecule has 0 fully saturated rings. The smallest absolute Gasteiger partial charge is 0.0699 e. The van der Waals surface area contributed by atoms with Gasteiger partial charge in [0.15, 0.2) is 0 Å². The van der Waals surface area contributed by atoms with Gasteiger partial charge in [0.25, 0.3) is 0 Å². The third-order valence-corrected chi connectivity index (χ3v) is 2.30. The summed E-state index contributed by atoms with van der Waals surface area (Å²) < 4.78 is 0.978. The molecule has 1 heterocycles. The van der Waals surface area contributed by atoms with Gasteiger partial charge in [-0.2, -0.15) is 0 Å². The van der Waals surface area contributed by atoms with Gasteiger partial charge in [0.2, 0.25) is 0 Å². The zero-order chi connectivity index (χ0) is 8.27. The van der Waals surface area contributed by atoms with E-state index in [-0.39, 0.29) is 6.61 Å². The lowest BCUT2D eigenvalue weighted by molar-refractivity contribution is 0.280. The normalized spacial score (nSPS) is 10.1. The number of halogens is 1. The van der Waals surface area contributed by atoms with E-state index in [1.807, 2.05) is 0 Å². The summed E-state index contributed by atoms with van der Waals surface area (Å²) in [5.74, 6) is 0. The van der Waals surface area contributed by atoms with E-state index < -0.39 is 0 Å². The van der Waals surface area contributed by atoms with E-state index in [9.17, 15) is 0 Å². The lowest BCUT2D eigenvalue weighted by Crippen LogP contribution is -1.94. The van der Waals surface area contributed by atoms with E-state index in [4.69, 9.17) is 5.11 Å². The highest BCUT2D eigenvalue weighted by molar-refractivity contribution is 9.10. The minimum Gasteiger partial charge on any atom is -0.392 e. The summed E-state index contributed by atoms with van der Waals surface area (Å²) in [4.78, 5) is 3.96. The Balaban J connectivity index is 3.13. The summed E-state index contributed by atoms with van der Waals surface area (Å²) in [6.07, 6.45) is 4.36. The highest BCUT2D eigenvalue weighted by atomic mass is 79.9. The summed E-state index contributed by atoms with van der Waals surface area (Å²) in [6, 6.07) is 0. The van der Waals surface area contributed by atoms with E-state index in [1.165, 1.54) is 0 Å². The van der Waals surface area contributed by atoms with Crippen LogP contribution in [0.1, 0.15) is 18.1 Å². The highest BCUT2D eigenvalue weighted by Gasteiger charge is 2.02. The second-order valence-corrected chi connectivity index (χ2v) is 3.13. The van der Waals surface area contributed by atoms with Crippen LogP contribution in [0.4, 0.5) is 0 Å². The Bertz CT molecular complexity index is 250. The SMILES string of the molecule is CCc1c(Br)cncc1CO. The Morgan fingerprint density at radius 3 is 2.73 bits per heavy atom. The van der Waals surface area contributed by atoms with E-state index in [2.05, 4.69) is 27.8 Å². The average molecular weight is 216 g/mol. The van der Waals surface area contributed by atoms with Crippen LogP contribution in [0.25, 0.3) is 0 Å². The number of hydrogen-bond acceptors (Lipinski definition) is 2. The molecule has 3 heteroatoms. The van der Waals surface area contributed by atoms with Gasteiger partial charge in [-0.3, -0.25) is 4.98 Å². The lowest BCUT2D eigenvalue weighted by Gasteiger charge is -2.05. The Labute approximate surface area is 74.4 Å². The maximum absolute atomic E-state index is 8.91. The molecule has 0 spiro atoms. The molecule has 0 unspecified atom stereocenters. The Kier molecular flexibility index (Phi) is 3.02. The first-order chi connectivity index (χ1) is 5.29. The lowest BCUT2D eigenvalue weighted by atomic mass is 10.1. The fraction of sp³-hybridized carbons (Fsp3) is 0.375. The minimum absolute atomic E-state index is 0.0651. The molecule has 0 aliphatic carbocycles. The number of aliphatic hydroxyl groups is 1. The molecule has 1 N–H and O–H groups in total. The van der Waals surface area contributed by atoms with Crippen LogP contribution < -0.4 is 0 Å². The minimum atomic E-state index is 0.0651. The van der Waals surface area contributed by atoms with Crippen molar-refractivity contribution in [2.45, 2.75) is 20.0 Å². The molecule has 1 rings (SSSR count). The molecule has 0 bridgehead atoms. The summed E-state index contributed by atoms with van der Waals surface area (Å²) in [5, 5.41) is 8.91. The molecule has 2 nitrogen and oxygen atoms in total. The standard InChI is InChI=1S/C8H10BrNO/c1-2-7-6(5-11)3-10-4-8(7)9/h3-4,11H,2,5H2,1H3. The van der Waals surface area contributed by atoms with E-state index in [1.54, 1.807) is 12.4 Å². The van der Waals surface area contributed by atoms with Gasteiger partial charge in [0.1, 0.15) is 0 Å². The molecule has 0 aromatic carbocycles. The molecule has 11 heavy (non-hydrogen) atoms. The van der Waals surface area contributed by atoms with Crippen LogP contribution in [-0.2, 0) is 13.0 Å². The fourth-order valence-electron chi connectivity index (χ4n) is 1.03. The largest absolute Gasteiger partial charge is 0.392 e. The number of aliphatic hydroxyl groups excluding tert-OH is 1. The Morgan fingerprint density at radius 1 is 1.55 bits per heavy atom. The average Bonchev–Trinajstić information content (AvgIpc) is 2.04. The summed E-state index contributed by atoms with van der Waals surface area (Å²) in [7, 11) is 0. The van der Waals surface area contributed by atoms with Crippen LogP contribution >= 0.6 is 15.9 Å². The highest BCUT2D eigenvalue weighted by Crippen LogP contribution is 2.19. The predicted octanol–water partition coefficient (Wildman–Crippen LogP) is 1.90. The zero-order valence-electron chi connectivity index (χ0n) is 6.34. The van der Waals surface area contributed by atoms with Crippen molar-refractivity contribution in [2.75, 3.05) is 0 Å². The van der Waals surface area contributed by atoms with Crippen molar-refractivity contribution in [1.29, 1.82) is 0 Å². The third kappa shape index (κ3) is 1.79. The zero-order valence-corrected chi connectivity index (χ0v) is 7.93. The molecule has 0 saturated carbocycles. The number of pyridine rings is 1. The van der Waals surface area contributed by atoms with Crippen LogP contribution in [0.5, 0.6) is 0 Å². The first-order valence-corrected chi connectivity index (χ1v) is 4.31. The van der Waals surface area contributed by atoms with Gasteiger partial charge in [0.05, 0.1) is 6.61 Å². The van der Waals surface area contributed by atoms with Crippen LogP contribution in [0.2, 0.25) is 0 Å². The molecule has 0 atom stereocenters. The van der Waals surface area contributed by atoms with Crippen molar-refractivity contribution in [3.63, 3.8) is 0 Å². The summed E-state index contributed by atoms with van der Waals surface area (Å²) in [6.45, 7) is 2.12. The second kappa shape index (κ2) is 3.83. The van der Waals surface area contributed by atoms with E-state index >= 15 is 0 Å². The van der Waals surface area contributed by atoms with E-state index in [0.29, 0.717) is 0 Å². The molecule has 0 aliphatic rings. The molecule has 1 aromatic rings. The molecular weight excluding hydrogens is 206 g/mol. The molecular formula is C8H10BrNO. The molecule has 0 aliphatic heterocycles. The fourth-order valence-corrected chi connectivity index (χ4v) is 1.69. The van der Waals surface area contributed by atoms with Crippen LogP contribution in [-0.4, -0.2) is 10.1 Å². The van der Waals surface area contributed by atoms with Crippen molar-refractivity contribution < 1.29 is 5.11 Å². The van der Waals surface area contributed by atoms with Crippen molar-refractivity contribution >= 4 is 15.9 Å². The van der Waals surface area contributed by atoms with Crippen molar-refractivity contribution in [2.24, 2.45) is 0 Å². The maximum Gasteiger partial charge on any atom is 0.0699 e. The van der Waals surface area contributed by atoms with Gasteiger partial charge in [-0.15, -0.1) is 0 Å². The van der Waals surface area contributed by atoms with Crippen LogP contribution in [0.3, 0.4) is 0 Å².